The molecule has 0 saturated heterocycles. The van der Waals surface area contributed by atoms with Gasteiger partial charge in [-0.15, -0.1) is 0 Å². The molecule has 0 bridgehead atoms. The fraction of sp³-hybridized carbons (Fsp3) is 0.333. The molecular formula is C18H19N3O. The van der Waals surface area contributed by atoms with Crippen LogP contribution >= 0.6 is 0 Å². The van der Waals surface area contributed by atoms with E-state index in [0.717, 1.165) is 53.8 Å². The molecule has 4 heteroatoms. The number of hydrogen-bond acceptors (Lipinski definition) is 2. The molecule has 0 spiro atoms. The van der Waals surface area contributed by atoms with Crippen molar-refractivity contribution in [2.24, 2.45) is 5.92 Å². The lowest BCUT2D eigenvalue weighted by Crippen LogP contribution is -2.20. The minimum absolute atomic E-state index is 0.0355. The van der Waals surface area contributed by atoms with Gasteiger partial charge in [0.15, 0.2) is 5.78 Å². The van der Waals surface area contributed by atoms with Crippen molar-refractivity contribution in [1.82, 2.24) is 14.5 Å². The largest absolute Gasteiger partial charge is 0.358 e. The van der Waals surface area contributed by atoms with Crippen LogP contribution in [0.1, 0.15) is 34.7 Å². The van der Waals surface area contributed by atoms with Crippen molar-refractivity contribution >= 4 is 16.7 Å². The summed E-state index contributed by atoms with van der Waals surface area (Å²) < 4.78 is 2.09. The minimum atomic E-state index is 0.0355. The maximum absolute atomic E-state index is 13.1. The van der Waals surface area contributed by atoms with Crippen LogP contribution in [0.2, 0.25) is 0 Å². The average molecular weight is 293 g/mol. The molecule has 2 heterocycles. The quantitative estimate of drug-likeness (QED) is 0.735. The van der Waals surface area contributed by atoms with Crippen molar-refractivity contribution in [1.29, 1.82) is 0 Å². The minimum Gasteiger partial charge on any atom is -0.358 e. The number of carbonyl (C=O) groups is 1. The summed E-state index contributed by atoms with van der Waals surface area (Å²) in [6.45, 7) is 2.71. The normalized spacial score (nSPS) is 18.4. The number of H-pyrrole nitrogens is 1. The topological polar surface area (TPSA) is 50.7 Å². The Morgan fingerprint density at radius 2 is 2.23 bits per heavy atom. The summed E-state index contributed by atoms with van der Waals surface area (Å²) in [4.78, 5) is 20.8. The number of rotatable bonds is 2. The van der Waals surface area contributed by atoms with Gasteiger partial charge in [0, 0.05) is 47.0 Å². The number of carbonyl (C=O) groups excluding carboxylic acids is 1. The van der Waals surface area contributed by atoms with Crippen molar-refractivity contribution in [2.45, 2.75) is 32.7 Å². The van der Waals surface area contributed by atoms with Crippen molar-refractivity contribution in [3.8, 4) is 0 Å². The number of aromatic amines is 1. The third kappa shape index (κ3) is 2.06. The summed E-state index contributed by atoms with van der Waals surface area (Å²) in [5.74, 6) is 1.28. The van der Waals surface area contributed by atoms with Gasteiger partial charge in [-0.25, -0.2) is 4.98 Å². The van der Waals surface area contributed by atoms with E-state index >= 15 is 0 Å². The number of nitrogens with one attached hydrogen (secondary N) is 1. The Balaban J connectivity index is 1.75. The molecule has 1 aliphatic carbocycles. The SMILES string of the molecule is Cc1nccn1CC1CCCc2[nH]c3ccccc3c2C1=O. The van der Waals surface area contributed by atoms with E-state index in [9.17, 15) is 4.79 Å². The number of fused-ring (bicyclic) bond motifs is 3. The molecule has 4 rings (SSSR count). The highest BCUT2D eigenvalue weighted by Crippen LogP contribution is 2.31. The first-order valence-corrected chi connectivity index (χ1v) is 7.85. The predicted molar refractivity (Wildman–Crippen MR) is 86.0 cm³/mol. The third-order valence-corrected chi connectivity index (χ3v) is 4.72. The van der Waals surface area contributed by atoms with Crippen LogP contribution in [0.3, 0.4) is 0 Å². The van der Waals surface area contributed by atoms with Gasteiger partial charge in [-0.3, -0.25) is 4.79 Å². The van der Waals surface area contributed by atoms with E-state index in [1.165, 1.54) is 0 Å². The van der Waals surface area contributed by atoms with Crippen LogP contribution < -0.4 is 0 Å². The van der Waals surface area contributed by atoms with Gasteiger partial charge < -0.3 is 9.55 Å². The Kier molecular flexibility index (Phi) is 3.10. The molecule has 3 aromatic rings. The number of nitrogens with zero attached hydrogens (tertiary/aromatic N) is 2. The molecule has 22 heavy (non-hydrogen) atoms. The maximum Gasteiger partial charge on any atom is 0.170 e. The second-order valence-electron chi connectivity index (χ2n) is 6.10. The van der Waals surface area contributed by atoms with Crippen molar-refractivity contribution in [3.05, 3.63) is 53.7 Å². The van der Waals surface area contributed by atoms with Crippen molar-refractivity contribution < 1.29 is 4.79 Å². The van der Waals surface area contributed by atoms with Gasteiger partial charge in [-0.2, -0.15) is 0 Å². The summed E-state index contributed by atoms with van der Waals surface area (Å²) in [5, 5.41) is 1.07. The fourth-order valence-corrected chi connectivity index (χ4v) is 3.54. The van der Waals surface area contributed by atoms with E-state index in [1.807, 2.05) is 37.4 Å². The maximum atomic E-state index is 13.1. The molecule has 0 saturated carbocycles. The first-order valence-electron chi connectivity index (χ1n) is 7.85. The molecule has 4 nitrogen and oxygen atoms in total. The molecule has 1 aromatic carbocycles. The lowest BCUT2D eigenvalue weighted by atomic mass is 9.94. The number of imidazole rings is 1. The van der Waals surface area contributed by atoms with Crippen LogP contribution in [-0.2, 0) is 13.0 Å². The zero-order valence-electron chi connectivity index (χ0n) is 12.7. The van der Waals surface area contributed by atoms with Crippen LogP contribution in [-0.4, -0.2) is 20.3 Å². The molecule has 0 fully saturated rings. The molecule has 1 unspecified atom stereocenters. The Hall–Kier alpha value is -2.36. The number of aryl methyl sites for hydroxylation is 2. The van der Waals surface area contributed by atoms with E-state index in [4.69, 9.17) is 0 Å². The van der Waals surface area contributed by atoms with Gasteiger partial charge in [0.25, 0.3) is 0 Å². The Morgan fingerprint density at radius 3 is 3.05 bits per heavy atom. The molecule has 2 aromatic heterocycles. The number of para-hydroxylation sites is 1. The molecule has 0 aliphatic heterocycles. The van der Waals surface area contributed by atoms with Gasteiger partial charge >= 0.3 is 0 Å². The monoisotopic (exact) mass is 293 g/mol. The molecule has 1 N–H and O–H groups in total. The summed E-state index contributed by atoms with van der Waals surface area (Å²) in [7, 11) is 0. The number of benzene rings is 1. The van der Waals surface area contributed by atoms with Crippen molar-refractivity contribution in [3.63, 3.8) is 0 Å². The van der Waals surface area contributed by atoms with Gasteiger partial charge in [-0.1, -0.05) is 18.2 Å². The van der Waals surface area contributed by atoms with E-state index in [2.05, 4.69) is 14.5 Å². The summed E-state index contributed by atoms with van der Waals surface area (Å²) in [5.41, 5.74) is 3.09. The smallest absolute Gasteiger partial charge is 0.170 e. The number of ketones is 1. The van der Waals surface area contributed by atoms with E-state index in [0.29, 0.717) is 0 Å². The lowest BCUT2D eigenvalue weighted by Gasteiger charge is -2.15. The fourth-order valence-electron chi connectivity index (χ4n) is 3.54. The average Bonchev–Trinajstić information content (AvgIpc) is 3.05. The summed E-state index contributed by atoms with van der Waals surface area (Å²) in [6.07, 6.45) is 6.70. The van der Waals surface area contributed by atoms with Crippen LogP contribution in [0, 0.1) is 12.8 Å². The summed E-state index contributed by atoms with van der Waals surface area (Å²) in [6, 6.07) is 8.11. The van der Waals surface area contributed by atoms with E-state index in [1.54, 1.807) is 6.20 Å². The first-order chi connectivity index (χ1) is 10.7. The number of Topliss-reactive ketones (excluding diaryl/α,β-unsaturated/α-hetero) is 1. The van der Waals surface area contributed by atoms with Gasteiger partial charge in [-0.05, 0) is 32.3 Å². The van der Waals surface area contributed by atoms with Gasteiger partial charge in [0.05, 0.1) is 0 Å². The van der Waals surface area contributed by atoms with E-state index < -0.39 is 0 Å². The van der Waals surface area contributed by atoms with Crippen LogP contribution in [0.25, 0.3) is 10.9 Å². The van der Waals surface area contributed by atoms with E-state index in [-0.39, 0.29) is 11.7 Å². The molecule has 1 atom stereocenters. The highest BCUT2D eigenvalue weighted by molar-refractivity contribution is 6.10. The zero-order valence-corrected chi connectivity index (χ0v) is 12.7. The molecule has 1 aliphatic rings. The first kappa shape index (κ1) is 13.3. The Morgan fingerprint density at radius 1 is 1.36 bits per heavy atom. The molecule has 0 radical (unpaired) electrons. The lowest BCUT2D eigenvalue weighted by molar-refractivity contribution is 0.0904. The highest BCUT2D eigenvalue weighted by atomic mass is 16.1. The second kappa shape index (κ2) is 5.13. The van der Waals surface area contributed by atoms with Crippen LogP contribution in [0.4, 0.5) is 0 Å². The zero-order chi connectivity index (χ0) is 15.1. The number of aromatic nitrogens is 3. The molecular weight excluding hydrogens is 274 g/mol. The van der Waals surface area contributed by atoms with Crippen LogP contribution in [0.15, 0.2) is 36.7 Å². The Labute approximate surface area is 129 Å². The third-order valence-electron chi connectivity index (χ3n) is 4.72. The molecule has 0 amide bonds. The van der Waals surface area contributed by atoms with Crippen molar-refractivity contribution in [2.75, 3.05) is 0 Å². The predicted octanol–water partition coefficient (Wildman–Crippen LogP) is 3.51. The highest BCUT2D eigenvalue weighted by Gasteiger charge is 2.29. The molecule has 112 valence electrons. The Bertz CT molecular complexity index is 843. The van der Waals surface area contributed by atoms with Gasteiger partial charge in [0.2, 0.25) is 0 Å². The number of hydrogen-bond donors (Lipinski definition) is 1. The summed E-state index contributed by atoms with van der Waals surface area (Å²) >= 11 is 0. The second-order valence-corrected chi connectivity index (χ2v) is 6.10. The van der Waals surface area contributed by atoms with Gasteiger partial charge in [0.1, 0.15) is 5.82 Å². The standard InChI is InChI=1S/C18H19N3O/c1-12-19-9-10-21(12)11-13-5-4-8-16-17(18(13)22)14-6-2-3-7-15(14)20-16/h2-3,6-7,9-10,13,20H,4-5,8,11H2,1H3. The van der Waals surface area contributed by atoms with Crippen LogP contribution in [0.5, 0.6) is 0 Å².